The Hall–Kier alpha value is -3.47. The number of nitrogens with one attached hydrogen (secondary N) is 2. The fourth-order valence-corrected chi connectivity index (χ4v) is 5.75. The van der Waals surface area contributed by atoms with Gasteiger partial charge in [0, 0.05) is 30.8 Å². The number of carbonyl (C=O) groups is 3. The van der Waals surface area contributed by atoms with Gasteiger partial charge in [-0.25, -0.2) is 4.98 Å². The summed E-state index contributed by atoms with van der Waals surface area (Å²) < 4.78 is 0. The Labute approximate surface area is 245 Å². The van der Waals surface area contributed by atoms with Crippen LogP contribution in [0.15, 0.2) is 34.9 Å². The van der Waals surface area contributed by atoms with E-state index in [9.17, 15) is 19.5 Å². The molecule has 1 fully saturated rings. The van der Waals surface area contributed by atoms with Crippen LogP contribution in [0.4, 0.5) is 0 Å². The second kappa shape index (κ2) is 14.4. The van der Waals surface area contributed by atoms with E-state index in [-0.39, 0.29) is 43.1 Å². The van der Waals surface area contributed by atoms with E-state index in [1.807, 2.05) is 64.4 Å². The monoisotopic (exact) mass is 583 g/mol. The van der Waals surface area contributed by atoms with Crippen molar-refractivity contribution in [2.75, 3.05) is 13.1 Å². The van der Waals surface area contributed by atoms with Crippen LogP contribution in [0.1, 0.15) is 77.1 Å². The van der Waals surface area contributed by atoms with E-state index >= 15 is 0 Å². The second-order valence-electron chi connectivity index (χ2n) is 11.6. The van der Waals surface area contributed by atoms with Crippen LogP contribution in [0.25, 0.3) is 20.9 Å². The average molecular weight is 584 g/mol. The van der Waals surface area contributed by atoms with Crippen molar-refractivity contribution in [2.24, 2.45) is 10.5 Å². The Morgan fingerprint density at radius 2 is 1.90 bits per heavy atom. The average Bonchev–Trinajstić information content (AvgIpc) is 3.53. The van der Waals surface area contributed by atoms with Gasteiger partial charge in [-0.3, -0.25) is 14.4 Å². The summed E-state index contributed by atoms with van der Waals surface area (Å²) >= 11 is 1.58. The van der Waals surface area contributed by atoms with Crippen molar-refractivity contribution < 1.29 is 19.5 Å². The van der Waals surface area contributed by atoms with E-state index in [1.54, 1.807) is 11.3 Å². The van der Waals surface area contributed by atoms with E-state index in [1.165, 1.54) is 4.90 Å². The highest BCUT2D eigenvalue weighted by atomic mass is 32.1. The van der Waals surface area contributed by atoms with Crippen molar-refractivity contribution in [1.82, 2.24) is 20.5 Å². The Balaban J connectivity index is 1.64. The minimum Gasteiger partial charge on any atom is -0.391 e. The maximum atomic E-state index is 13.7. The first-order chi connectivity index (χ1) is 19.4. The van der Waals surface area contributed by atoms with Gasteiger partial charge in [-0.2, -0.15) is 0 Å². The number of benzene rings is 1. The first-order valence-corrected chi connectivity index (χ1v) is 14.9. The molecule has 3 amide bonds. The molecule has 2 heterocycles. The van der Waals surface area contributed by atoms with Gasteiger partial charge in [-0.1, -0.05) is 56.6 Å². The Kier molecular flexibility index (Phi) is 11.3. The van der Waals surface area contributed by atoms with Gasteiger partial charge in [0.1, 0.15) is 12.1 Å². The topological polar surface area (TPSA) is 160 Å². The number of likely N-dealkylation sites (tertiary alicyclic amines) is 1. The molecule has 1 aliphatic heterocycles. The number of thiazole rings is 1. The van der Waals surface area contributed by atoms with Gasteiger partial charge in [0.15, 0.2) is 0 Å². The normalized spacial score (nSPS) is 18.3. The summed E-state index contributed by atoms with van der Waals surface area (Å²) in [7, 11) is 0. The number of hydrogen-bond donors (Lipinski definition) is 3. The smallest absolute Gasteiger partial charge is 0.246 e. The van der Waals surface area contributed by atoms with Gasteiger partial charge in [-0.05, 0) is 48.8 Å². The third-order valence-corrected chi connectivity index (χ3v) is 8.26. The summed E-state index contributed by atoms with van der Waals surface area (Å²) in [5.74, 6) is -0.986. The Morgan fingerprint density at radius 3 is 2.51 bits per heavy atom. The summed E-state index contributed by atoms with van der Waals surface area (Å²) in [5.41, 5.74) is 12.5. The third kappa shape index (κ3) is 8.76. The molecule has 41 heavy (non-hydrogen) atoms. The SMILES string of the molecule is Cc1ncsc1-c1ccc([C@H](C)NC(=O)[C@@H]2C[C@@H](O)CN2C(=O)C(NC(=O)CCCCCN=[N+]=[N-])C(C)(C)C)cc1. The van der Waals surface area contributed by atoms with Crippen LogP contribution in [0.5, 0.6) is 0 Å². The van der Waals surface area contributed by atoms with Crippen molar-refractivity contribution in [3.05, 3.63) is 51.5 Å². The van der Waals surface area contributed by atoms with E-state index in [0.29, 0.717) is 19.4 Å². The molecule has 1 aliphatic rings. The molecule has 1 aromatic heterocycles. The number of carbonyl (C=O) groups excluding carboxylic acids is 3. The number of rotatable bonds is 12. The van der Waals surface area contributed by atoms with Crippen LogP contribution < -0.4 is 10.6 Å². The number of β-amino-alcohol motifs (C(OH)–C–C–N with tert-alkyl or cyclic N) is 1. The molecule has 0 aliphatic carbocycles. The molecule has 4 atom stereocenters. The molecular weight excluding hydrogens is 542 g/mol. The van der Waals surface area contributed by atoms with Crippen molar-refractivity contribution in [3.8, 4) is 10.4 Å². The lowest BCUT2D eigenvalue weighted by Gasteiger charge is -2.35. The largest absolute Gasteiger partial charge is 0.391 e. The van der Waals surface area contributed by atoms with Gasteiger partial charge < -0.3 is 20.6 Å². The highest BCUT2D eigenvalue weighted by Crippen LogP contribution is 2.29. The number of hydrogen-bond acceptors (Lipinski definition) is 7. The van der Waals surface area contributed by atoms with Crippen LogP contribution in [-0.2, 0) is 14.4 Å². The van der Waals surface area contributed by atoms with Crippen molar-refractivity contribution in [2.45, 2.75) is 91.0 Å². The minimum atomic E-state index is -0.862. The van der Waals surface area contributed by atoms with Gasteiger partial charge in [0.05, 0.1) is 28.2 Å². The van der Waals surface area contributed by atoms with Crippen molar-refractivity contribution in [1.29, 1.82) is 0 Å². The number of nitrogens with zero attached hydrogens (tertiary/aromatic N) is 5. The van der Waals surface area contributed by atoms with Gasteiger partial charge in [0.2, 0.25) is 17.7 Å². The van der Waals surface area contributed by atoms with Crippen LogP contribution >= 0.6 is 11.3 Å². The van der Waals surface area contributed by atoms with Crippen LogP contribution in [0, 0.1) is 12.3 Å². The number of unbranched alkanes of at least 4 members (excludes halogenated alkanes) is 2. The van der Waals surface area contributed by atoms with E-state index in [4.69, 9.17) is 5.53 Å². The fourth-order valence-electron chi connectivity index (χ4n) is 4.94. The first-order valence-electron chi connectivity index (χ1n) is 14.0. The zero-order chi connectivity index (χ0) is 30.2. The molecule has 0 radical (unpaired) electrons. The lowest BCUT2D eigenvalue weighted by Crippen LogP contribution is -2.57. The van der Waals surface area contributed by atoms with Crippen LogP contribution in [-0.4, -0.2) is 64.0 Å². The summed E-state index contributed by atoms with van der Waals surface area (Å²) in [6.07, 6.45) is 1.56. The minimum absolute atomic E-state index is 0.0239. The maximum absolute atomic E-state index is 13.7. The molecule has 3 N–H and O–H groups in total. The Bertz CT molecular complexity index is 1250. The highest BCUT2D eigenvalue weighted by molar-refractivity contribution is 7.13. The number of azide groups is 1. The maximum Gasteiger partial charge on any atom is 0.246 e. The van der Waals surface area contributed by atoms with Crippen molar-refractivity contribution >= 4 is 29.1 Å². The predicted molar refractivity (Wildman–Crippen MR) is 159 cm³/mol. The number of amides is 3. The summed E-state index contributed by atoms with van der Waals surface area (Å²) in [5, 5.41) is 19.8. The third-order valence-electron chi connectivity index (χ3n) is 7.29. The molecule has 0 bridgehead atoms. The number of aliphatic hydroxyl groups excluding tert-OH is 1. The molecule has 1 aromatic carbocycles. The standard InChI is InChI=1S/C29H41N7O4S/c1-18(20-10-12-21(13-11-20)25-19(2)31-17-41-25)33-27(39)23-15-22(37)16-36(23)28(40)26(29(3,4)5)34-24(38)9-7-6-8-14-32-35-30/h10-13,17-18,22-23,26,37H,6-9,14-16H2,1-5H3,(H,33,39)(H,34,38)/t18-,22+,23-,26?/m0/s1. The molecule has 3 rings (SSSR count). The molecule has 0 spiro atoms. The molecule has 0 saturated carbocycles. The molecular formula is C29H41N7O4S. The number of aryl methyl sites for hydroxylation is 1. The molecule has 11 nitrogen and oxygen atoms in total. The van der Waals surface area contributed by atoms with E-state index in [2.05, 4.69) is 25.6 Å². The quantitative estimate of drug-likeness (QED) is 0.143. The summed E-state index contributed by atoms with van der Waals surface area (Å²) in [6.45, 7) is 9.84. The lowest BCUT2D eigenvalue weighted by atomic mass is 9.85. The van der Waals surface area contributed by atoms with E-state index < -0.39 is 23.6 Å². The molecule has 2 aromatic rings. The van der Waals surface area contributed by atoms with Crippen LogP contribution in [0.2, 0.25) is 0 Å². The highest BCUT2D eigenvalue weighted by Gasteiger charge is 2.44. The zero-order valence-electron chi connectivity index (χ0n) is 24.5. The summed E-state index contributed by atoms with van der Waals surface area (Å²) in [4.78, 5) is 49.4. The number of aliphatic hydroxyl groups is 1. The molecule has 1 saturated heterocycles. The fraction of sp³-hybridized carbons (Fsp3) is 0.586. The van der Waals surface area contributed by atoms with Gasteiger partial charge in [-0.15, -0.1) is 11.3 Å². The van der Waals surface area contributed by atoms with Crippen LogP contribution in [0.3, 0.4) is 0 Å². The van der Waals surface area contributed by atoms with E-state index in [0.717, 1.165) is 28.1 Å². The zero-order valence-corrected chi connectivity index (χ0v) is 25.3. The van der Waals surface area contributed by atoms with Gasteiger partial charge in [0.25, 0.3) is 0 Å². The first kappa shape index (κ1) is 32.0. The molecule has 1 unspecified atom stereocenters. The predicted octanol–water partition coefficient (Wildman–Crippen LogP) is 4.66. The lowest BCUT2D eigenvalue weighted by molar-refractivity contribution is -0.144. The molecule has 222 valence electrons. The van der Waals surface area contributed by atoms with Gasteiger partial charge >= 0.3 is 0 Å². The second-order valence-corrected chi connectivity index (χ2v) is 12.5. The molecule has 12 heteroatoms. The number of aromatic nitrogens is 1. The Morgan fingerprint density at radius 1 is 1.20 bits per heavy atom. The van der Waals surface area contributed by atoms with Crippen molar-refractivity contribution in [3.63, 3.8) is 0 Å². The summed E-state index contributed by atoms with van der Waals surface area (Å²) in [6, 6.07) is 5.92.